The van der Waals surface area contributed by atoms with Crippen molar-refractivity contribution in [3.8, 4) is 0 Å². The van der Waals surface area contributed by atoms with Gasteiger partial charge in [-0.3, -0.25) is 9.59 Å². The zero-order valence-corrected chi connectivity index (χ0v) is 21.4. The van der Waals surface area contributed by atoms with Gasteiger partial charge in [-0.15, -0.1) is 0 Å². The minimum Gasteiger partial charge on any atom is -0.481 e. The summed E-state index contributed by atoms with van der Waals surface area (Å²) in [4.78, 5) is 24.9. The number of carboxylic acid groups (broad SMARTS) is 1. The van der Waals surface area contributed by atoms with Gasteiger partial charge in [0.15, 0.2) is 0 Å². The van der Waals surface area contributed by atoms with Crippen LogP contribution in [0.5, 0.6) is 0 Å². The minimum absolute atomic E-state index is 0.246. The molecule has 0 amide bonds. The summed E-state index contributed by atoms with van der Waals surface area (Å²) in [7, 11) is 0. The topological polar surface area (TPSA) is 54.4 Å². The van der Waals surface area contributed by atoms with Gasteiger partial charge in [-0.25, -0.2) is 0 Å². The summed E-state index contributed by atoms with van der Waals surface area (Å²) >= 11 is 0. The number of hydrogen-bond acceptors (Lipinski definition) is 2. The van der Waals surface area contributed by atoms with E-state index in [0.29, 0.717) is 29.0 Å². The molecule has 9 atom stereocenters. The van der Waals surface area contributed by atoms with Gasteiger partial charge in [0.25, 0.3) is 0 Å². The maximum absolute atomic E-state index is 13.6. The second kappa shape index (κ2) is 9.06. The monoisotopic (exact) mass is 444 g/mol. The molecule has 0 spiro atoms. The molecular weight excluding hydrogens is 396 g/mol. The van der Waals surface area contributed by atoms with E-state index in [-0.39, 0.29) is 23.7 Å². The molecule has 3 nitrogen and oxygen atoms in total. The molecule has 4 saturated carbocycles. The molecule has 182 valence electrons. The van der Waals surface area contributed by atoms with Gasteiger partial charge < -0.3 is 5.11 Å². The summed E-state index contributed by atoms with van der Waals surface area (Å²) in [6.45, 7) is 12.2. The number of rotatable bonds is 7. The van der Waals surface area contributed by atoms with E-state index in [2.05, 4.69) is 34.6 Å². The van der Waals surface area contributed by atoms with Crippen LogP contribution in [0.1, 0.15) is 112 Å². The first-order chi connectivity index (χ1) is 15.1. The Balaban J connectivity index is 1.48. The van der Waals surface area contributed by atoms with E-state index in [0.717, 1.165) is 43.4 Å². The van der Waals surface area contributed by atoms with Gasteiger partial charge in [0.2, 0.25) is 0 Å². The number of carboxylic acids is 1. The fourth-order valence-corrected chi connectivity index (χ4v) is 9.48. The van der Waals surface area contributed by atoms with Crippen LogP contribution in [-0.4, -0.2) is 16.9 Å². The lowest BCUT2D eigenvalue weighted by atomic mass is 9.43. The number of Topliss-reactive ketones (excluding diaryl/α,β-unsaturated/α-hetero) is 1. The third-order valence-electron chi connectivity index (χ3n) is 11.2. The number of hydrogen-bond donors (Lipinski definition) is 1. The Morgan fingerprint density at radius 3 is 2.38 bits per heavy atom. The third kappa shape index (κ3) is 4.20. The second-order valence-electron chi connectivity index (χ2n) is 13.4. The lowest BCUT2D eigenvalue weighted by molar-refractivity contribution is -0.159. The van der Waals surface area contributed by atoms with Crippen molar-refractivity contribution in [1.29, 1.82) is 0 Å². The van der Waals surface area contributed by atoms with Crippen molar-refractivity contribution in [1.82, 2.24) is 0 Å². The molecule has 32 heavy (non-hydrogen) atoms. The van der Waals surface area contributed by atoms with Crippen molar-refractivity contribution in [2.45, 2.75) is 112 Å². The molecule has 4 fully saturated rings. The predicted octanol–water partition coefficient (Wildman–Crippen LogP) is 7.38. The van der Waals surface area contributed by atoms with Crippen LogP contribution in [0, 0.1) is 58.2 Å². The van der Waals surface area contributed by atoms with Crippen molar-refractivity contribution in [2.75, 3.05) is 0 Å². The van der Waals surface area contributed by atoms with E-state index in [1.165, 1.54) is 44.9 Å². The lowest BCUT2D eigenvalue weighted by Gasteiger charge is -2.60. The van der Waals surface area contributed by atoms with Gasteiger partial charge in [0, 0.05) is 18.8 Å². The molecule has 0 heterocycles. The van der Waals surface area contributed by atoms with Crippen LogP contribution in [0.4, 0.5) is 0 Å². The standard InChI is InChI=1S/C29H48O3/c1-18(2)7-6-8-19(3)22-9-10-23-27-24(12-14-29(22,23)5)28(4)13-11-20(16-26(31)32)15-21(28)17-25(27)30/h18-24,27H,6-17H2,1-5H3,(H,31,32)/t19-,20+,21?,22-,23+,24+,27+,28+,29-/m1/s1. The highest BCUT2D eigenvalue weighted by Crippen LogP contribution is 2.68. The van der Waals surface area contributed by atoms with Crippen molar-refractivity contribution >= 4 is 11.8 Å². The molecule has 0 aliphatic heterocycles. The first kappa shape index (κ1) is 24.3. The van der Waals surface area contributed by atoms with E-state index >= 15 is 0 Å². The van der Waals surface area contributed by atoms with Crippen LogP contribution in [0.25, 0.3) is 0 Å². The maximum Gasteiger partial charge on any atom is 0.303 e. The largest absolute Gasteiger partial charge is 0.481 e. The molecule has 1 N–H and O–H groups in total. The van der Waals surface area contributed by atoms with Crippen LogP contribution in [0.15, 0.2) is 0 Å². The highest BCUT2D eigenvalue weighted by atomic mass is 16.4. The smallest absolute Gasteiger partial charge is 0.303 e. The summed E-state index contributed by atoms with van der Waals surface area (Å²) in [5, 5.41) is 9.28. The highest BCUT2D eigenvalue weighted by molar-refractivity contribution is 5.83. The van der Waals surface area contributed by atoms with Crippen molar-refractivity contribution in [3.63, 3.8) is 0 Å². The van der Waals surface area contributed by atoms with E-state index < -0.39 is 5.97 Å². The molecule has 4 aliphatic carbocycles. The molecule has 1 unspecified atom stereocenters. The Labute approximate surface area is 196 Å². The molecule has 0 aromatic heterocycles. The lowest BCUT2D eigenvalue weighted by Crippen LogP contribution is -2.57. The Morgan fingerprint density at radius 2 is 1.69 bits per heavy atom. The first-order valence-corrected chi connectivity index (χ1v) is 13.8. The van der Waals surface area contributed by atoms with Gasteiger partial charge in [-0.05, 0) is 97.2 Å². The van der Waals surface area contributed by atoms with Crippen molar-refractivity contribution in [3.05, 3.63) is 0 Å². The molecule has 0 aromatic carbocycles. The molecular formula is C29H48O3. The summed E-state index contributed by atoms with van der Waals surface area (Å²) in [5.41, 5.74) is 0.591. The highest BCUT2D eigenvalue weighted by Gasteiger charge is 2.63. The van der Waals surface area contributed by atoms with Crippen LogP contribution in [0.3, 0.4) is 0 Å². The fourth-order valence-electron chi connectivity index (χ4n) is 9.48. The van der Waals surface area contributed by atoms with E-state index in [1.54, 1.807) is 0 Å². The number of carbonyl (C=O) groups is 2. The minimum atomic E-state index is -0.674. The van der Waals surface area contributed by atoms with Crippen molar-refractivity contribution in [2.24, 2.45) is 58.2 Å². The molecule has 0 aromatic rings. The number of ketones is 1. The molecule has 4 aliphatic rings. The zero-order valence-electron chi connectivity index (χ0n) is 21.4. The number of fused-ring (bicyclic) bond motifs is 5. The summed E-state index contributed by atoms with van der Waals surface area (Å²) in [6.07, 6.45) is 13.2. The summed E-state index contributed by atoms with van der Waals surface area (Å²) in [6, 6.07) is 0. The van der Waals surface area contributed by atoms with Gasteiger partial charge in [-0.2, -0.15) is 0 Å². The second-order valence-corrected chi connectivity index (χ2v) is 13.4. The Kier molecular flexibility index (Phi) is 6.87. The Bertz CT molecular complexity index is 713. The quantitative estimate of drug-likeness (QED) is 0.446. The van der Waals surface area contributed by atoms with Crippen LogP contribution < -0.4 is 0 Å². The van der Waals surface area contributed by atoms with Gasteiger partial charge in [-0.1, -0.05) is 53.9 Å². The zero-order chi connectivity index (χ0) is 23.3. The number of aliphatic carboxylic acids is 1. The van der Waals surface area contributed by atoms with Gasteiger partial charge in [0.05, 0.1) is 0 Å². The molecule has 0 bridgehead atoms. The van der Waals surface area contributed by atoms with Crippen LogP contribution in [0.2, 0.25) is 0 Å². The molecule has 3 heteroatoms. The molecule has 0 radical (unpaired) electrons. The van der Waals surface area contributed by atoms with E-state index in [1.807, 2.05) is 0 Å². The molecule has 4 rings (SSSR count). The maximum atomic E-state index is 13.6. The predicted molar refractivity (Wildman–Crippen MR) is 129 cm³/mol. The van der Waals surface area contributed by atoms with Gasteiger partial charge >= 0.3 is 5.97 Å². The first-order valence-electron chi connectivity index (χ1n) is 13.8. The van der Waals surface area contributed by atoms with E-state index in [4.69, 9.17) is 0 Å². The Hall–Kier alpha value is -0.860. The average molecular weight is 445 g/mol. The van der Waals surface area contributed by atoms with Crippen LogP contribution in [-0.2, 0) is 9.59 Å². The SMILES string of the molecule is CC(C)CCC[C@@H](C)[C@H]1CC[C@H]2[C@@H]3C(=O)CC4C[C@@H](CC(=O)O)CC[C@]4(C)[C@H]3CC[C@]12C. The Morgan fingerprint density at radius 1 is 1.00 bits per heavy atom. The number of carbonyl (C=O) groups excluding carboxylic acids is 1. The third-order valence-corrected chi connectivity index (χ3v) is 11.2. The average Bonchev–Trinajstić information content (AvgIpc) is 3.05. The van der Waals surface area contributed by atoms with Crippen LogP contribution >= 0.6 is 0 Å². The normalized spacial score (nSPS) is 44.6. The fraction of sp³-hybridized carbons (Fsp3) is 0.931. The summed E-state index contributed by atoms with van der Waals surface area (Å²) < 4.78 is 0. The van der Waals surface area contributed by atoms with Crippen molar-refractivity contribution < 1.29 is 14.7 Å². The summed E-state index contributed by atoms with van der Waals surface area (Å²) in [5.74, 6) is 4.29. The molecule has 0 saturated heterocycles. The van der Waals surface area contributed by atoms with Gasteiger partial charge in [0.1, 0.15) is 5.78 Å². The van der Waals surface area contributed by atoms with E-state index in [9.17, 15) is 14.7 Å².